The number of nitrogens with zero attached hydrogens (tertiary/aromatic N) is 2. The second-order valence-corrected chi connectivity index (χ2v) is 7.81. The van der Waals surface area contributed by atoms with E-state index in [4.69, 9.17) is 4.42 Å². The summed E-state index contributed by atoms with van der Waals surface area (Å²) in [5, 5.41) is 3.27. The number of carbonyl (C=O) groups is 1. The average molecular weight is 413 g/mol. The Hall–Kier alpha value is -2.87. The van der Waals surface area contributed by atoms with Gasteiger partial charge in [-0.05, 0) is 56.0 Å². The van der Waals surface area contributed by atoms with Gasteiger partial charge in [-0.25, -0.2) is 9.18 Å². The minimum Gasteiger partial charge on any atom is -0.467 e. The van der Waals surface area contributed by atoms with Crippen LogP contribution in [-0.4, -0.2) is 21.2 Å². The fourth-order valence-corrected chi connectivity index (χ4v) is 4.36. The number of furan rings is 1. The molecule has 0 bridgehead atoms. The molecule has 1 aliphatic rings. The standard InChI is InChI=1S/C21H20FN3O3S/c22-14-5-3-6-15(11-14)23-19(26)13-29-20-17-8-1-2-9-18(17)25(21(27)24-20)12-16-7-4-10-28-16/h3-7,10-11H,1-2,8-9,12-13H2,(H,23,26). The number of nitrogens with one attached hydrogen (secondary N) is 1. The lowest BCUT2D eigenvalue weighted by molar-refractivity contribution is -0.113. The smallest absolute Gasteiger partial charge is 0.349 e. The zero-order valence-corrected chi connectivity index (χ0v) is 16.5. The molecule has 8 heteroatoms. The van der Waals surface area contributed by atoms with Crippen LogP contribution in [0.4, 0.5) is 10.1 Å². The molecule has 1 aromatic carbocycles. The van der Waals surface area contributed by atoms with Gasteiger partial charge in [-0.3, -0.25) is 9.36 Å². The van der Waals surface area contributed by atoms with Crippen LogP contribution in [0.5, 0.6) is 0 Å². The van der Waals surface area contributed by atoms with Crippen LogP contribution < -0.4 is 11.0 Å². The molecule has 6 nitrogen and oxygen atoms in total. The van der Waals surface area contributed by atoms with Crippen molar-refractivity contribution in [2.75, 3.05) is 11.1 Å². The molecule has 29 heavy (non-hydrogen) atoms. The van der Waals surface area contributed by atoms with Crippen molar-refractivity contribution < 1.29 is 13.6 Å². The molecular formula is C21H20FN3O3S. The van der Waals surface area contributed by atoms with Crippen molar-refractivity contribution in [3.8, 4) is 0 Å². The highest BCUT2D eigenvalue weighted by Crippen LogP contribution is 2.29. The van der Waals surface area contributed by atoms with E-state index >= 15 is 0 Å². The Morgan fingerprint density at radius 2 is 2.10 bits per heavy atom. The number of hydrogen-bond acceptors (Lipinski definition) is 5. The zero-order valence-electron chi connectivity index (χ0n) is 15.7. The quantitative estimate of drug-likeness (QED) is 0.493. The van der Waals surface area contributed by atoms with Crippen LogP contribution in [0.2, 0.25) is 0 Å². The van der Waals surface area contributed by atoms with E-state index in [0.717, 1.165) is 36.9 Å². The van der Waals surface area contributed by atoms with Crippen LogP contribution in [0.25, 0.3) is 0 Å². The molecule has 0 spiro atoms. The van der Waals surface area contributed by atoms with Gasteiger partial charge in [0.1, 0.15) is 16.6 Å². The summed E-state index contributed by atoms with van der Waals surface area (Å²) in [5.41, 5.74) is 2.07. The molecule has 1 amide bonds. The molecule has 1 N–H and O–H groups in total. The van der Waals surface area contributed by atoms with Gasteiger partial charge in [0.15, 0.2) is 0 Å². The number of amides is 1. The zero-order chi connectivity index (χ0) is 20.2. The van der Waals surface area contributed by atoms with Gasteiger partial charge < -0.3 is 9.73 Å². The number of halogens is 1. The van der Waals surface area contributed by atoms with E-state index in [2.05, 4.69) is 10.3 Å². The Morgan fingerprint density at radius 3 is 2.90 bits per heavy atom. The van der Waals surface area contributed by atoms with Crippen LogP contribution in [-0.2, 0) is 24.2 Å². The molecule has 0 fully saturated rings. The first kappa shape index (κ1) is 19.4. The first-order valence-electron chi connectivity index (χ1n) is 9.43. The minimum absolute atomic E-state index is 0.0948. The summed E-state index contributed by atoms with van der Waals surface area (Å²) in [6, 6.07) is 9.37. The normalized spacial score (nSPS) is 13.1. The van der Waals surface area contributed by atoms with Crippen molar-refractivity contribution >= 4 is 23.4 Å². The third kappa shape index (κ3) is 4.59. The van der Waals surface area contributed by atoms with E-state index in [-0.39, 0.29) is 17.3 Å². The largest absolute Gasteiger partial charge is 0.467 e. The maximum absolute atomic E-state index is 13.3. The van der Waals surface area contributed by atoms with Crippen molar-refractivity contribution in [3.63, 3.8) is 0 Å². The minimum atomic E-state index is -0.411. The summed E-state index contributed by atoms with van der Waals surface area (Å²) in [6.07, 6.45) is 5.25. The first-order valence-corrected chi connectivity index (χ1v) is 10.4. The van der Waals surface area contributed by atoms with Crippen molar-refractivity contribution in [3.05, 3.63) is 76.0 Å². The van der Waals surface area contributed by atoms with E-state index in [0.29, 0.717) is 23.0 Å². The van der Waals surface area contributed by atoms with Gasteiger partial charge in [0.25, 0.3) is 0 Å². The lowest BCUT2D eigenvalue weighted by Crippen LogP contribution is -2.30. The van der Waals surface area contributed by atoms with Crippen molar-refractivity contribution in [2.45, 2.75) is 37.3 Å². The van der Waals surface area contributed by atoms with Crippen LogP contribution in [0.15, 0.2) is 56.9 Å². The van der Waals surface area contributed by atoms with E-state index < -0.39 is 5.82 Å². The van der Waals surface area contributed by atoms with Gasteiger partial charge in [0.05, 0.1) is 18.6 Å². The Morgan fingerprint density at radius 1 is 1.24 bits per heavy atom. The lowest BCUT2D eigenvalue weighted by atomic mass is 9.97. The number of anilines is 1. The predicted octanol–water partition coefficient (Wildman–Crippen LogP) is 3.63. The second-order valence-electron chi connectivity index (χ2n) is 6.84. The van der Waals surface area contributed by atoms with Gasteiger partial charge in [0.2, 0.25) is 5.91 Å². The summed E-state index contributed by atoms with van der Waals surface area (Å²) >= 11 is 1.24. The SMILES string of the molecule is O=C(CSc1nc(=O)n(Cc2ccco2)c2c1CCCC2)Nc1cccc(F)c1. The fourth-order valence-electron chi connectivity index (χ4n) is 3.49. The molecular weight excluding hydrogens is 393 g/mol. The monoisotopic (exact) mass is 413 g/mol. The summed E-state index contributed by atoms with van der Waals surface area (Å²) in [5.74, 6) is 0.118. The van der Waals surface area contributed by atoms with E-state index in [1.54, 1.807) is 23.0 Å². The van der Waals surface area contributed by atoms with Gasteiger partial charge in [0, 0.05) is 16.9 Å². The Balaban J connectivity index is 1.52. The Kier molecular flexibility index (Phi) is 5.80. The number of fused-ring (bicyclic) bond motifs is 1. The summed E-state index contributed by atoms with van der Waals surface area (Å²) in [4.78, 5) is 29.2. The van der Waals surface area contributed by atoms with Gasteiger partial charge >= 0.3 is 5.69 Å². The fraction of sp³-hybridized carbons (Fsp3) is 0.286. The highest BCUT2D eigenvalue weighted by Gasteiger charge is 2.21. The molecule has 0 saturated heterocycles. The number of carbonyl (C=O) groups excluding carboxylic acids is 1. The number of aromatic nitrogens is 2. The van der Waals surface area contributed by atoms with Crippen molar-refractivity contribution in [2.24, 2.45) is 0 Å². The van der Waals surface area contributed by atoms with Crippen molar-refractivity contribution in [1.29, 1.82) is 0 Å². The number of benzene rings is 1. The molecule has 1 aliphatic carbocycles. The van der Waals surface area contributed by atoms with Crippen molar-refractivity contribution in [1.82, 2.24) is 9.55 Å². The molecule has 0 atom stereocenters. The molecule has 0 unspecified atom stereocenters. The summed E-state index contributed by atoms with van der Waals surface area (Å²) in [7, 11) is 0. The third-order valence-corrected chi connectivity index (χ3v) is 5.81. The van der Waals surface area contributed by atoms with Gasteiger partial charge in [-0.1, -0.05) is 17.8 Å². The molecule has 2 heterocycles. The maximum Gasteiger partial charge on any atom is 0.349 e. The van der Waals surface area contributed by atoms with Crippen LogP contribution >= 0.6 is 11.8 Å². The maximum atomic E-state index is 13.3. The molecule has 3 aromatic rings. The third-order valence-electron chi connectivity index (χ3n) is 4.79. The Bertz CT molecular complexity index is 1080. The van der Waals surface area contributed by atoms with Gasteiger partial charge in [-0.15, -0.1) is 0 Å². The van der Waals surface area contributed by atoms with E-state index in [9.17, 15) is 14.0 Å². The van der Waals surface area contributed by atoms with Crippen LogP contribution in [0, 0.1) is 5.82 Å². The molecule has 4 rings (SSSR count). The molecule has 0 radical (unpaired) electrons. The average Bonchev–Trinajstić information content (AvgIpc) is 3.22. The van der Waals surface area contributed by atoms with E-state index in [1.807, 2.05) is 6.07 Å². The van der Waals surface area contributed by atoms with E-state index in [1.165, 1.54) is 30.0 Å². The van der Waals surface area contributed by atoms with Crippen LogP contribution in [0.3, 0.4) is 0 Å². The predicted molar refractivity (Wildman–Crippen MR) is 109 cm³/mol. The topological polar surface area (TPSA) is 77.1 Å². The summed E-state index contributed by atoms with van der Waals surface area (Å²) < 4.78 is 20.3. The number of rotatable bonds is 6. The van der Waals surface area contributed by atoms with Gasteiger partial charge in [-0.2, -0.15) is 4.98 Å². The second kappa shape index (κ2) is 8.65. The summed E-state index contributed by atoms with van der Waals surface area (Å²) in [6.45, 7) is 0.353. The first-order chi connectivity index (χ1) is 14.1. The highest BCUT2D eigenvalue weighted by atomic mass is 32.2. The highest BCUT2D eigenvalue weighted by molar-refractivity contribution is 8.00. The molecule has 2 aromatic heterocycles. The van der Waals surface area contributed by atoms with Crippen LogP contribution in [0.1, 0.15) is 29.9 Å². The molecule has 0 aliphatic heterocycles. The Labute approximate surface area is 171 Å². The lowest BCUT2D eigenvalue weighted by Gasteiger charge is -2.22. The number of hydrogen-bond donors (Lipinski definition) is 1. The molecule has 0 saturated carbocycles. The molecule has 150 valence electrons. The number of thioether (sulfide) groups is 1.